The summed E-state index contributed by atoms with van der Waals surface area (Å²) in [5, 5.41) is 11.5. The number of aliphatic carboxylic acids is 1. The molecule has 1 amide bonds. The van der Waals surface area contributed by atoms with Crippen molar-refractivity contribution in [1.29, 1.82) is 0 Å². The van der Waals surface area contributed by atoms with Gasteiger partial charge >= 0.3 is 5.97 Å². The molecule has 1 atom stereocenters. The Morgan fingerprint density at radius 2 is 2.10 bits per heavy atom. The molecule has 1 rings (SSSR count). The fraction of sp³-hybridized carbons (Fsp3) is 0.429. The van der Waals surface area contributed by atoms with Gasteiger partial charge in [-0.25, -0.2) is 4.79 Å². The van der Waals surface area contributed by atoms with Crippen LogP contribution in [0.1, 0.15) is 20.3 Å². The van der Waals surface area contributed by atoms with Gasteiger partial charge in [-0.15, -0.1) is 0 Å². The number of halogens is 1. The van der Waals surface area contributed by atoms with E-state index in [1.54, 1.807) is 18.2 Å². The van der Waals surface area contributed by atoms with Crippen LogP contribution in [0.5, 0.6) is 5.75 Å². The van der Waals surface area contributed by atoms with Crippen molar-refractivity contribution in [3.05, 3.63) is 28.7 Å². The maximum absolute atomic E-state index is 11.7. The molecule has 0 bridgehead atoms. The summed E-state index contributed by atoms with van der Waals surface area (Å²) < 4.78 is 6.15. The summed E-state index contributed by atoms with van der Waals surface area (Å²) in [5.41, 5.74) is 0. The third-order valence-electron chi connectivity index (χ3n) is 2.51. The molecule has 110 valence electrons. The number of carboxylic acid groups (broad SMARTS) is 1. The van der Waals surface area contributed by atoms with Crippen molar-refractivity contribution in [2.24, 2.45) is 5.92 Å². The van der Waals surface area contributed by atoms with Crippen LogP contribution in [0.15, 0.2) is 28.7 Å². The quantitative estimate of drug-likeness (QED) is 0.797. The first kappa shape index (κ1) is 16.5. The van der Waals surface area contributed by atoms with E-state index in [2.05, 4.69) is 21.2 Å². The van der Waals surface area contributed by atoms with Crippen molar-refractivity contribution in [3.8, 4) is 5.75 Å². The van der Waals surface area contributed by atoms with Crippen LogP contribution >= 0.6 is 15.9 Å². The second-order valence-electron chi connectivity index (χ2n) is 4.83. The van der Waals surface area contributed by atoms with Crippen LogP contribution in [-0.4, -0.2) is 29.6 Å². The molecular formula is C14H18BrNO4. The molecule has 0 radical (unpaired) electrons. The molecule has 0 unspecified atom stereocenters. The van der Waals surface area contributed by atoms with E-state index in [4.69, 9.17) is 9.84 Å². The van der Waals surface area contributed by atoms with Gasteiger partial charge in [0, 0.05) is 4.47 Å². The maximum atomic E-state index is 11.7. The first-order valence-corrected chi connectivity index (χ1v) is 7.08. The van der Waals surface area contributed by atoms with Gasteiger partial charge in [0.05, 0.1) is 0 Å². The molecule has 0 aliphatic heterocycles. The lowest BCUT2D eigenvalue weighted by molar-refractivity contribution is -0.142. The summed E-state index contributed by atoms with van der Waals surface area (Å²) in [5.74, 6) is -0.750. The van der Waals surface area contributed by atoms with Crippen LogP contribution in [0, 0.1) is 5.92 Å². The highest BCUT2D eigenvalue weighted by molar-refractivity contribution is 9.10. The topological polar surface area (TPSA) is 75.6 Å². The molecule has 0 saturated carbocycles. The van der Waals surface area contributed by atoms with E-state index in [1.165, 1.54) is 0 Å². The van der Waals surface area contributed by atoms with Gasteiger partial charge in [-0.3, -0.25) is 4.79 Å². The zero-order valence-electron chi connectivity index (χ0n) is 11.4. The minimum absolute atomic E-state index is 0.183. The highest BCUT2D eigenvalue weighted by Crippen LogP contribution is 2.17. The predicted molar refractivity (Wildman–Crippen MR) is 78.7 cm³/mol. The number of hydrogen-bond acceptors (Lipinski definition) is 3. The van der Waals surface area contributed by atoms with E-state index < -0.39 is 17.9 Å². The lowest BCUT2D eigenvalue weighted by Crippen LogP contribution is -2.43. The van der Waals surface area contributed by atoms with Gasteiger partial charge in [-0.05, 0) is 30.5 Å². The number of carbonyl (C=O) groups excluding carboxylic acids is 1. The molecule has 0 spiro atoms. The van der Waals surface area contributed by atoms with Gasteiger partial charge in [-0.1, -0.05) is 35.8 Å². The zero-order chi connectivity index (χ0) is 15.1. The third kappa shape index (κ3) is 6.06. The Morgan fingerprint density at radius 1 is 1.40 bits per heavy atom. The lowest BCUT2D eigenvalue weighted by Gasteiger charge is -2.16. The summed E-state index contributed by atoms with van der Waals surface area (Å²) in [7, 11) is 0. The number of carbonyl (C=O) groups is 2. The SMILES string of the molecule is CC(C)C[C@@H](NC(=O)COc1cccc(Br)c1)C(=O)O. The van der Waals surface area contributed by atoms with Gasteiger partial charge in [0.2, 0.25) is 0 Å². The summed E-state index contributed by atoms with van der Waals surface area (Å²) in [6.07, 6.45) is 0.387. The van der Waals surface area contributed by atoms with E-state index in [0.29, 0.717) is 12.2 Å². The third-order valence-corrected chi connectivity index (χ3v) is 3.00. The smallest absolute Gasteiger partial charge is 0.326 e. The lowest BCUT2D eigenvalue weighted by atomic mass is 10.0. The molecule has 1 aromatic rings. The molecule has 0 aliphatic rings. The maximum Gasteiger partial charge on any atom is 0.326 e. The van der Waals surface area contributed by atoms with Crippen LogP contribution in [0.2, 0.25) is 0 Å². The van der Waals surface area contributed by atoms with Gasteiger partial charge < -0.3 is 15.2 Å². The van der Waals surface area contributed by atoms with Crippen LogP contribution in [-0.2, 0) is 9.59 Å². The Labute approximate surface area is 126 Å². The first-order valence-electron chi connectivity index (χ1n) is 6.29. The highest BCUT2D eigenvalue weighted by Gasteiger charge is 2.21. The number of ether oxygens (including phenoxy) is 1. The fourth-order valence-electron chi connectivity index (χ4n) is 1.63. The standard InChI is InChI=1S/C14H18BrNO4/c1-9(2)6-12(14(18)19)16-13(17)8-20-11-5-3-4-10(15)7-11/h3-5,7,9,12H,6,8H2,1-2H3,(H,16,17)(H,18,19)/t12-/m1/s1. The van der Waals surface area contributed by atoms with Crippen LogP contribution in [0.3, 0.4) is 0 Å². The Kier molecular flexibility index (Phi) is 6.51. The monoisotopic (exact) mass is 343 g/mol. The van der Waals surface area contributed by atoms with Gasteiger partial charge in [-0.2, -0.15) is 0 Å². The van der Waals surface area contributed by atoms with Crippen molar-refractivity contribution >= 4 is 27.8 Å². The molecule has 0 saturated heterocycles. The van der Waals surface area contributed by atoms with Gasteiger partial charge in [0.25, 0.3) is 5.91 Å². The van der Waals surface area contributed by atoms with Crippen LogP contribution in [0.4, 0.5) is 0 Å². The molecule has 5 nitrogen and oxygen atoms in total. The van der Waals surface area contributed by atoms with Gasteiger partial charge in [0.15, 0.2) is 6.61 Å². The normalized spacial score (nSPS) is 12.0. The van der Waals surface area contributed by atoms with E-state index in [0.717, 1.165) is 4.47 Å². The molecule has 0 fully saturated rings. The largest absolute Gasteiger partial charge is 0.484 e. The summed E-state index contributed by atoms with van der Waals surface area (Å²) in [6, 6.07) is 6.21. The van der Waals surface area contributed by atoms with E-state index >= 15 is 0 Å². The van der Waals surface area contributed by atoms with Crippen molar-refractivity contribution < 1.29 is 19.4 Å². The minimum Gasteiger partial charge on any atom is -0.484 e. The molecule has 6 heteroatoms. The predicted octanol–water partition coefficient (Wildman–Crippen LogP) is 2.44. The Morgan fingerprint density at radius 3 is 2.65 bits per heavy atom. The highest BCUT2D eigenvalue weighted by atomic mass is 79.9. The molecular weight excluding hydrogens is 326 g/mol. The van der Waals surface area contributed by atoms with Crippen molar-refractivity contribution in [2.75, 3.05) is 6.61 Å². The second kappa shape index (κ2) is 7.89. The average molecular weight is 344 g/mol. The van der Waals surface area contributed by atoms with Crippen molar-refractivity contribution in [2.45, 2.75) is 26.3 Å². The van der Waals surface area contributed by atoms with Crippen LogP contribution < -0.4 is 10.1 Å². The van der Waals surface area contributed by atoms with Crippen molar-refractivity contribution in [1.82, 2.24) is 5.32 Å². The molecule has 1 aromatic carbocycles. The molecule has 0 aromatic heterocycles. The molecule has 20 heavy (non-hydrogen) atoms. The molecule has 0 heterocycles. The van der Waals surface area contributed by atoms with E-state index in [-0.39, 0.29) is 12.5 Å². The Bertz CT molecular complexity index is 476. The van der Waals surface area contributed by atoms with Gasteiger partial charge in [0.1, 0.15) is 11.8 Å². The first-order chi connectivity index (χ1) is 9.38. The Balaban J connectivity index is 2.47. The fourth-order valence-corrected chi connectivity index (χ4v) is 2.01. The molecule has 0 aliphatic carbocycles. The van der Waals surface area contributed by atoms with Crippen LogP contribution in [0.25, 0.3) is 0 Å². The Hall–Kier alpha value is -1.56. The average Bonchev–Trinajstić information content (AvgIpc) is 2.35. The molecule has 2 N–H and O–H groups in total. The summed E-state index contributed by atoms with van der Waals surface area (Å²) in [4.78, 5) is 22.7. The minimum atomic E-state index is -1.03. The number of hydrogen-bond donors (Lipinski definition) is 2. The zero-order valence-corrected chi connectivity index (χ0v) is 13.0. The summed E-state index contributed by atoms with van der Waals surface area (Å²) >= 11 is 3.30. The summed E-state index contributed by atoms with van der Waals surface area (Å²) in [6.45, 7) is 3.60. The van der Waals surface area contributed by atoms with Crippen molar-refractivity contribution in [3.63, 3.8) is 0 Å². The van der Waals surface area contributed by atoms with E-state index in [9.17, 15) is 9.59 Å². The van der Waals surface area contributed by atoms with E-state index in [1.807, 2.05) is 19.9 Å². The number of amides is 1. The number of carboxylic acids is 1. The number of rotatable bonds is 7. The number of nitrogens with one attached hydrogen (secondary N) is 1. The number of benzene rings is 1. The second-order valence-corrected chi connectivity index (χ2v) is 5.75.